The van der Waals surface area contributed by atoms with E-state index in [1.807, 2.05) is 42.3 Å². The highest BCUT2D eigenvalue weighted by atomic mass is 32.2. The smallest absolute Gasteiger partial charge is 0.174 e. The molecular weight excluding hydrogens is 669 g/mol. The van der Waals surface area contributed by atoms with E-state index < -0.39 is 17.5 Å². The summed E-state index contributed by atoms with van der Waals surface area (Å²) in [6.07, 6.45) is 2.92. The van der Waals surface area contributed by atoms with Crippen molar-refractivity contribution in [1.29, 1.82) is 0 Å². The third-order valence-corrected chi connectivity index (χ3v) is 8.72. The van der Waals surface area contributed by atoms with Crippen LogP contribution in [0.3, 0.4) is 0 Å². The third-order valence-electron chi connectivity index (χ3n) is 7.74. The molecule has 5 rings (SSSR count). The van der Waals surface area contributed by atoms with E-state index in [0.29, 0.717) is 58.8 Å². The molecule has 13 heteroatoms. The average Bonchev–Trinajstić information content (AvgIpc) is 3.57. The molecule has 0 aliphatic carbocycles. The van der Waals surface area contributed by atoms with Crippen LogP contribution >= 0.6 is 11.8 Å². The van der Waals surface area contributed by atoms with Gasteiger partial charge in [-0.05, 0) is 53.1 Å². The molecule has 0 bridgehead atoms. The van der Waals surface area contributed by atoms with Gasteiger partial charge >= 0.3 is 0 Å². The molecule has 0 radical (unpaired) electrons. The number of imidazole rings is 1. The molecule has 0 atom stereocenters. The van der Waals surface area contributed by atoms with Gasteiger partial charge in [-0.15, -0.1) is 0 Å². The molecule has 9 nitrogen and oxygen atoms in total. The first-order valence-electron chi connectivity index (χ1n) is 15.4. The molecule has 50 heavy (non-hydrogen) atoms. The molecule has 5 aromatic rings. The van der Waals surface area contributed by atoms with Crippen molar-refractivity contribution in [2.45, 2.75) is 23.9 Å². The van der Waals surface area contributed by atoms with E-state index in [-0.39, 0.29) is 17.1 Å². The van der Waals surface area contributed by atoms with Crippen LogP contribution in [0, 0.1) is 17.5 Å². The second-order valence-corrected chi connectivity index (χ2v) is 11.6. The van der Waals surface area contributed by atoms with Crippen molar-refractivity contribution in [2.24, 2.45) is 0 Å². The molecular formula is C37H39F3N4O5S. The Labute approximate surface area is 293 Å². The van der Waals surface area contributed by atoms with Crippen molar-refractivity contribution in [3.63, 3.8) is 0 Å². The summed E-state index contributed by atoms with van der Waals surface area (Å²) in [5.41, 5.74) is 3.26. The number of thioether (sulfide) groups is 1. The topological polar surface area (TPSA) is 98.1 Å². The Hall–Kier alpha value is -4.98. The first kappa shape index (κ1) is 37.8. The van der Waals surface area contributed by atoms with Gasteiger partial charge in [0.1, 0.15) is 23.7 Å². The number of benzene rings is 4. The lowest BCUT2D eigenvalue weighted by atomic mass is 10.0. The van der Waals surface area contributed by atoms with Gasteiger partial charge in [0, 0.05) is 62.8 Å². The summed E-state index contributed by atoms with van der Waals surface area (Å²) in [6, 6.07) is 19.9. The molecule has 0 saturated carbocycles. The number of aliphatic hydroxyl groups is 1. The molecule has 264 valence electrons. The van der Waals surface area contributed by atoms with Crippen molar-refractivity contribution < 1.29 is 37.3 Å². The van der Waals surface area contributed by atoms with E-state index >= 15 is 8.78 Å². The van der Waals surface area contributed by atoms with Gasteiger partial charge in [0.25, 0.3) is 0 Å². The number of hydrogen-bond donors (Lipinski definition) is 2. The highest BCUT2D eigenvalue weighted by molar-refractivity contribution is 7.98. The number of hydrogen-bond acceptors (Lipinski definition) is 9. The van der Waals surface area contributed by atoms with Gasteiger partial charge in [-0.25, -0.2) is 18.2 Å². The highest BCUT2D eigenvalue weighted by Crippen LogP contribution is 2.38. The quantitative estimate of drug-likeness (QED) is 0.0659. The molecule has 0 aliphatic heterocycles. The van der Waals surface area contributed by atoms with Crippen molar-refractivity contribution >= 4 is 29.6 Å². The second-order valence-electron chi connectivity index (χ2n) is 10.7. The predicted molar refractivity (Wildman–Crippen MR) is 190 cm³/mol. The number of nitrogens with one attached hydrogen (secondary N) is 1. The molecule has 2 N–H and O–H groups in total. The molecule has 0 spiro atoms. The first-order chi connectivity index (χ1) is 24.3. The Bertz CT molecular complexity index is 1870. The number of carbonyl (C=O) groups excluding carboxylic acids is 1. The SMILES string of the molecule is CO.COc1cc(-n2c(N(C)c3ccc(OC)c(OC)c3)cnc2SCc2c(F)cc(-c3ccc(CNCCC=O)cc3)cc2F)ccc1F. The normalized spacial score (nSPS) is 10.7. The molecule has 0 unspecified atom stereocenters. The molecule has 0 saturated heterocycles. The number of aldehydes is 1. The van der Waals surface area contributed by atoms with E-state index in [4.69, 9.17) is 19.3 Å². The fourth-order valence-corrected chi connectivity index (χ4v) is 6.12. The fraction of sp³-hybridized carbons (Fsp3) is 0.243. The van der Waals surface area contributed by atoms with Crippen LogP contribution in [0.15, 0.2) is 84.1 Å². The van der Waals surface area contributed by atoms with E-state index in [1.54, 1.807) is 43.2 Å². The molecule has 4 aromatic carbocycles. The van der Waals surface area contributed by atoms with E-state index in [1.165, 1.54) is 31.4 Å². The second kappa shape index (κ2) is 18.1. The van der Waals surface area contributed by atoms with Crippen LogP contribution < -0.4 is 24.4 Å². The number of carbonyl (C=O) groups is 1. The van der Waals surface area contributed by atoms with Crippen molar-refractivity contribution in [3.8, 4) is 34.1 Å². The Morgan fingerprint density at radius 2 is 1.52 bits per heavy atom. The summed E-state index contributed by atoms with van der Waals surface area (Å²) in [4.78, 5) is 17.0. The van der Waals surface area contributed by atoms with Gasteiger partial charge in [-0.3, -0.25) is 4.57 Å². The van der Waals surface area contributed by atoms with E-state index in [2.05, 4.69) is 10.3 Å². The minimum absolute atomic E-state index is 0.0340. The van der Waals surface area contributed by atoms with E-state index in [9.17, 15) is 9.18 Å². The minimum Gasteiger partial charge on any atom is -0.494 e. The van der Waals surface area contributed by atoms with Crippen molar-refractivity contribution in [1.82, 2.24) is 14.9 Å². The van der Waals surface area contributed by atoms with Gasteiger partial charge < -0.3 is 34.3 Å². The predicted octanol–water partition coefficient (Wildman–Crippen LogP) is 7.33. The van der Waals surface area contributed by atoms with Crippen molar-refractivity contribution in [3.05, 3.63) is 108 Å². The van der Waals surface area contributed by atoms with Crippen LogP contribution in [0.4, 0.5) is 24.7 Å². The number of anilines is 2. The lowest BCUT2D eigenvalue weighted by molar-refractivity contribution is -0.107. The number of rotatable bonds is 15. The lowest BCUT2D eigenvalue weighted by Gasteiger charge is -2.23. The zero-order valence-electron chi connectivity index (χ0n) is 28.4. The van der Waals surface area contributed by atoms with Gasteiger partial charge in [-0.1, -0.05) is 36.0 Å². The number of nitrogens with zero attached hydrogens (tertiary/aromatic N) is 3. The Morgan fingerprint density at radius 3 is 2.16 bits per heavy atom. The third kappa shape index (κ3) is 8.78. The number of aliphatic hydroxyl groups excluding tert-OH is 1. The maximum atomic E-state index is 15.5. The highest BCUT2D eigenvalue weighted by Gasteiger charge is 2.21. The van der Waals surface area contributed by atoms with Crippen molar-refractivity contribution in [2.75, 3.05) is 46.9 Å². The van der Waals surface area contributed by atoms with Crippen LogP contribution in [-0.2, 0) is 17.1 Å². The fourth-order valence-electron chi connectivity index (χ4n) is 5.11. The zero-order chi connectivity index (χ0) is 36.2. The number of halogens is 3. The van der Waals surface area contributed by atoms with Crippen LogP contribution in [0.25, 0.3) is 16.8 Å². The molecule has 1 heterocycles. The summed E-state index contributed by atoms with van der Waals surface area (Å²) < 4.78 is 63.2. The Balaban J connectivity index is 0.00000276. The van der Waals surface area contributed by atoms with Gasteiger partial charge in [0.15, 0.2) is 28.2 Å². The molecule has 0 fully saturated rings. The maximum absolute atomic E-state index is 15.5. The molecule has 0 amide bonds. The van der Waals surface area contributed by atoms with Gasteiger partial charge in [0.05, 0.1) is 33.2 Å². The van der Waals surface area contributed by atoms with Crippen LogP contribution in [0.2, 0.25) is 0 Å². The van der Waals surface area contributed by atoms with Crippen LogP contribution in [0.1, 0.15) is 17.5 Å². The Morgan fingerprint density at radius 1 is 0.840 bits per heavy atom. The minimum atomic E-state index is -0.679. The van der Waals surface area contributed by atoms with Gasteiger partial charge in [-0.2, -0.15) is 0 Å². The summed E-state index contributed by atoms with van der Waals surface area (Å²) in [5, 5.41) is 10.6. The first-order valence-corrected chi connectivity index (χ1v) is 16.4. The lowest BCUT2D eigenvalue weighted by Crippen LogP contribution is -2.14. The zero-order valence-corrected chi connectivity index (χ0v) is 29.2. The standard InChI is InChI=1S/C36H35F3N4O4S.CH4O/c1-42(26-11-13-32(45-2)34(18-26)47-4)35-21-41-36(43(35)27-10-12-29(37)33(19-27)46-3)48-22-28-30(38)16-25(17-31(28)39)24-8-6-23(7-9-24)20-40-14-5-15-44;1-2/h6-13,15-19,21,40H,5,14,20,22H2,1-4H3;2H,1H3. The van der Waals surface area contributed by atoms with E-state index in [0.717, 1.165) is 36.4 Å². The Kier molecular flexibility index (Phi) is 13.7. The number of aromatic nitrogens is 2. The summed E-state index contributed by atoms with van der Waals surface area (Å²) in [6.45, 7) is 1.16. The maximum Gasteiger partial charge on any atom is 0.174 e. The van der Waals surface area contributed by atoms with Crippen LogP contribution in [-0.4, -0.2) is 63.0 Å². The van der Waals surface area contributed by atoms with Crippen LogP contribution in [0.5, 0.6) is 17.2 Å². The summed E-state index contributed by atoms with van der Waals surface area (Å²) >= 11 is 1.14. The average molecular weight is 709 g/mol. The summed E-state index contributed by atoms with van der Waals surface area (Å²) in [7, 11) is 7.31. The summed E-state index contributed by atoms with van der Waals surface area (Å²) in [5.74, 6) is -0.228. The number of ether oxygens (including phenoxy) is 3. The van der Waals surface area contributed by atoms with Gasteiger partial charge in [0.2, 0.25) is 0 Å². The monoisotopic (exact) mass is 708 g/mol. The molecule has 0 aliphatic rings. The number of methoxy groups -OCH3 is 3. The molecule has 1 aromatic heterocycles. The largest absolute Gasteiger partial charge is 0.494 e.